The number of nitrogens with zero attached hydrogens (tertiary/aromatic N) is 3. The van der Waals surface area contributed by atoms with Crippen LogP contribution in [0, 0.1) is 18.3 Å². The number of hydrogen-bond acceptors (Lipinski definition) is 7. The van der Waals surface area contributed by atoms with Gasteiger partial charge in [0.25, 0.3) is 11.5 Å². The van der Waals surface area contributed by atoms with Crippen LogP contribution in [0.4, 0.5) is 5.82 Å². The summed E-state index contributed by atoms with van der Waals surface area (Å²) < 4.78 is 6.92. The van der Waals surface area contributed by atoms with Gasteiger partial charge in [0, 0.05) is 26.3 Å². The highest BCUT2D eigenvalue weighted by molar-refractivity contribution is 8.26. The number of nitrogens with one attached hydrogen (secondary N) is 1. The van der Waals surface area contributed by atoms with Crippen molar-refractivity contribution in [3.63, 3.8) is 0 Å². The maximum absolute atomic E-state index is 12.9. The molecule has 1 aliphatic heterocycles. The number of thioether (sulfide) groups is 1. The van der Waals surface area contributed by atoms with Crippen molar-refractivity contribution in [1.82, 2.24) is 9.47 Å². The smallest absolute Gasteiger partial charge is 0.270 e. The van der Waals surface area contributed by atoms with Crippen molar-refractivity contribution >= 4 is 46.1 Å². The summed E-state index contributed by atoms with van der Waals surface area (Å²) >= 11 is 6.55. The van der Waals surface area contributed by atoms with Crippen molar-refractivity contribution in [2.45, 2.75) is 13.5 Å². The predicted octanol–water partition coefficient (Wildman–Crippen LogP) is 3.03. The van der Waals surface area contributed by atoms with Gasteiger partial charge in [0.15, 0.2) is 0 Å². The van der Waals surface area contributed by atoms with E-state index < -0.39 is 0 Å². The molecule has 0 radical (unpaired) electrons. The van der Waals surface area contributed by atoms with E-state index in [1.54, 1.807) is 27.2 Å². The average Bonchev–Trinajstić information content (AvgIpc) is 3.03. The van der Waals surface area contributed by atoms with Gasteiger partial charge in [-0.2, -0.15) is 5.26 Å². The van der Waals surface area contributed by atoms with Gasteiger partial charge in [0.1, 0.15) is 21.8 Å². The fourth-order valence-corrected chi connectivity index (χ4v) is 4.52. The Balaban J connectivity index is 2.06. The van der Waals surface area contributed by atoms with Crippen molar-refractivity contribution in [3.05, 3.63) is 67.8 Å². The largest absolute Gasteiger partial charge is 0.383 e. The first kappa shape index (κ1) is 22.7. The number of methoxy groups -OCH3 is 1. The van der Waals surface area contributed by atoms with Gasteiger partial charge in [-0.1, -0.05) is 54.3 Å². The zero-order chi connectivity index (χ0) is 22.5. The Kier molecular flexibility index (Phi) is 7.28. The van der Waals surface area contributed by atoms with Crippen LogP contribution in [0.3, 0.4) is 0 Å². The van der Waals surface area contributed by atoms with E-state index in [2.05, 4.69) is 5.32 Å². The number of amides is 1. The third kappa shape index (κ3) is 4.71. The molecule has 1 aromatic heterocycles. The van der Waals surface area contributed by atoms with Crippen molar-refractivity contribution in [2.75, 3.05) is 25.6 Å². The monoisotopic (exact) mass is 454 g/mol. The molecule has 0 atom stereocenters. The second-order valence-electron chi connectivity index (χ2n) is 6.90. The normalized spacial score (nSPS) is 14.9. The van der Waals surface area contributed by atoms with Crippen LogP contribution in [0.2, 0.25) is 0 Å². The molecule has 2 heterocycles. The number of carbonyl (C=O) groups excluding carboxylic acids is 1. The summed E-state index contributed by atoms with van der Waals surface area (Å²) in [5.74, 6) is 0.320. The summed E-state index contributed by atoms with van der Waals surface area (Å²) in [5, 5.41) is 12.8. The number of aromatic nitrogens is 1. The van der Waals surface area contributed by atoms with Crippen LogP contribution in [0.25, 0.3) is 6.08 Å². The summed E-state index contributed by atoms with van der Waals surface area (Å²) in [6.07, 6.45) is 1.70. The molecule has 0 unspecified atom stereocenters. The van der Waals surface area contributed by atoms with Gasteiger partial charge in [-0.05, 0) is 24.1 Å². The Labute approximate surface area is 190 Å². The number of thiocarbonyl (C=S) groups is 1. The molecule has 3 rings (SSSR count). The van der Waals surface area contributed by atoms with Crippen LogP contribution in [0.15, 0.2) is 40.0 Å². The molecule has 1 amide bonds. The number of nitriles is 1. The van der Waals surface area contributed by atoms with Crippen molar-refractivity contribution in [1.29, 1.82) is 5.26 Å². The van der Waals surface area contributed by atoms with Crippen molar-refractivity contribution in [3.8, 4) is 6.07 Å². The fraction of sp³-hybridized carbons (Fsp3) is 0.273. The Bertz CT molecular complexity index is 1150. The number of carbonyl (C=O) groups is 1. The Morgan fingerprint density at radius 2 is 2.00 bits per heavy atom. The Hall–Kier alpha value is -2.93. The SMILES string of the molecule is COCCN1C(=O)/C(=C\c2c(C)c(C#N)c(=O)n(C)c2NCc2ccccc2)SC1=S. The highest BCUT2D eigenvalue weighted by Crippen LogP contribution is 2.34. The molecule has 0 bridgehead atoms. The first-order chi connectivity index (χ1) is 14.9. The van der Waals surface area contributed by atoms with Crippen molar-refractivity contribution in [2.24, 2.45) is 7.05 Å². The minimum Gasteiger partial charge on any atom is -0.383 e. The third-order valence-electron chi connectivity index (χ3n) is 4.97. The fourth-order valence-electron chi connectivity index (χ4n) is 3.23. The molecule has 1 aliphatic rings. The molecule has 7 nitrogen and oxygen atoms in total. The second kappa shape index (κ2) is 9.92. The molecule has 0 spiro atoms. The molecule has 160 valence electrons. The van der Waals surface area contributed by atoms with Crippen LogP contribution in [0.5, 0.6) is 0 Å². The molecule has 31 heavy (non-hydrogen) atoms. The lowest BCUT2D eigenvalue weighted by atomic mass is 10.0. The van der Waals surface area contributed by atoms with E-state index in [4.69, 9.17) is 17.0 Å². The lowest BCUT2D eigenvalue weighted by Gasteiger charge is -2.18. The van der Waals surface area contributed by atoms with Crippen LogP contribution in [-0.2, 0) is 23.1 Å². The summed E-state index contributed by atoms with van der Waals surface area (Å²) in [7, 11) is 3.17. The lowest BCUT2D eigenvalue weighted by molar-refractivity contribution is -0.122. The minimum atomic E-state index is -0.389. The molecule has 0 saturated carbocycles. The third-order valence-corrected chi connectivity index (χ3v) is 6.35. The molecule has 1 fully saturated rings. The van der Waals surface area contributed by atoms with E-state index in [0.717, 1.165) is 5.56 Å². The molecule has 1 N–H and O–H groups in total. The summed E-state index contributed by atoms with van der Waals surface area (Å²) in [4.78, 5) is 27.5. The predicted molar refractivity (Wildman–Crippen MR) is 127 cm³/mol. The van der Waals surface area contributed by atoms with Gasteiger partial charge in [-0.15, -0.1) is 0 Å². The first-order valence-electron chi connectivity index (χ1n) is 9.54. The van der Waals surface area contributed by atoms with Crippen LogP contribution in [-0.4, -0.2) is 40.0 Å². The maximum Gasteiger partial charge on any atom is 0.270 e. The summed E-state index contributed by atoms with van der Waals surface area (Å²) in [5.41, 5.74) is 1.83. The number of hydrogen-bond donors (Lipinski definition) is 1. The summed E-state index contributed by atoms with van der Waals surface area (Å²) in [6, 6.07) is 11.7. The maximum atomic E-state index is 12.9. The summed E-state index contributed by atoms with van der Waals surface area (Å²) in [6.45, 7) is 2.94. The highest BCUT2D eigenvalue weighted by atomic mass is 32.2. The van der Waals surface area contributed by atoms with E-state index >= 15 is 0 Å². The van der Waals surface area contributed by atoms with E-state index in [1.165, 1.54) is 21.2 Å². The van der Waals surface area contributed by atoms with Gasteiger partial charge < -0.3 is 10.1 Å². The molecule has 1 aromatic carbocycles. The van der Waals surface area contributed by atoms with Gasteiger partial charge >= 0.3 is 0 Å². The van der Waals surface area contributed by atoms with Gasteiger partial charge in [-0.3, -0.25) is 19.1 Å². The average molecular weight is 455 g/mol. The topological polar surface area (TPSA) is 87.4 Å². The van der Waals surface area contributed by atoms with Crippen molar-refractivity contribution < 1.29 is 9.53 Å². The molecular formula is C22H22N4O3S2. The Morgan fingerprint density at radius 1 is 1.29 bits per heavy atom. The van der Waals surface area contributed by atoms with Gasteiger partial charge in [0.05, 0.1) is 18.1 Å². The minimum absolute atomic E-state index is 0.0499. The highest BCUT2D eigenvalue weighted by Gasteiger charge is 2.32. The number of benzene rings is 1. The van der Waals surface area contributed by atoms with Crippen LogP contribution >= 0.6 is 24.0 Å². The van der Waals surface area contributed by atoms with Gasteiger partial charge in [-0.25, -0.2) is 0 Å². The standard InChI is InChI=1S/C22H22N4O3S2/c1-14-16(11-18-21(28)26(9-10-29-3)22(30)31-18)19(25(2)20(27)17(14)12-23)24-13-15-7-5-4-6-8-15/h4-8,11,24H,9-10,13H2,1-3H3/b18-11+. The molecule has 9 heteroatoms. The molecular weight excluding hydrogens is 432 g/mol. The van der Waals surface area contributed by atoms with Gasteiger partial charge in [0.2, 0.25) is 0 Å². The van der Waals surface area contributed by atoms with E-state index in [0.29, 0.717) is 45.9 Å². The Morgan fingerprint density at radius 3 is 2.65 bits per heavy atom. The molecule has 0 aliphatic carbocycles. The number of anilines is 1. The number of ether oxygens (including phenoxy) is 1. The molecule has 1 saturated heterocycles. The van der Waals surface area contributed by atoms with E-state index in [-0.39, 0.29) is 17.0 Å². The van der Waals surface area contributed by atoms with Crippen LogP contribution in [0.1, 0.15) is 22.3 Å². The number of pyridine rings is 1. The first-order valence-corrected chi connectivity index (χ1v) is 10.8. The second-order valence-corrected chi connectivity index (χ2v) is 8.58. The number of rotatable bonds is 7. The zero-order valence-corrected chi connectivity index (χ0v) is 19.1. The van der Waals surface area contributed by atoms with Crippen LogP contribution < -0.4 is 10.9 Å². The van der Waals surface area contributed by atoms with E-state index in [1.807, 2.05) is 36.4 Å². The quantitative estimate of drug-likeness (QED) is 0.508. The zero-order valence-electron chi connectivity index (χ0n) is 17.5. The molecule has 2 aromatic rings. The van der Waals surface area contributed by atoms with E-state index in [9.17, 15) is 14.9 Å². The lowest BCUT2D eigenvalue weighted by Crippen LogP contribution is -2.31.